The molecule has 172 valence electrons. The van der Waals surface area contributed by atoms with E-state index in [0.29, 0.717) is 30.0 Å². The van der Waals surface area contributed by atoms with E-state index in [0.717, 1.165) is 21.4 Å². The number of amides is 4. The predicted molar refractivity (Wildman–Crippen MR) is 122 cm³/mol. The molecule has 3 aromatic rings. The Morgan fingerprint density at radius 2 is 1.88 bits per heavy atom. The molecule has 3 N–H and O–H groups in total. The van der Waals surface area contributed by atoms with E-state index in [1.807, 2.05) is 30.5 Å². The number of imide groups is 1. The van der Waals surface area contributed by atoms with Gasteiger partial charge >= 0.3 is 6.03 Å². The fourth-order valence-corrected chi connectivity index (χ4v) is 3.96. The summed E-state index contributed by atoms with van der Waals surface area (Å²) < 4.78 is 10.5. The maximum atomic E-state index is 12.7. The number of fused-ring (bicyclic) bond motifs is 1. The van der Waals surface area contributed by atoms with Crippen molar-refractivity contribution in [1.29, 1.82) is 0 Å². The molecule has 1 fully saturated rings. The first-order chi connectivity index (χ1) is 16.0. The standard InChI is InChI=1S/C24H26N4O5/c1-32-20-8-7-15(11-21(20)33-2)14-28-23(30)19(27-24(28)31)12-22(29)25-10-9-16-13-26-18-6-4-3-5-17(16)18/h3-8,11,13,19,26H,9-10,12,14H2,1-2H3,(H,25,29)(H,27,31). The van der Waals surface area contributed by atoms with Crippen LogP contribution in [0.5, 0.6) is 11.5 Å². The Kier molecular flexibility index (Phi) is 6.48. The van der Waals surface area contributed by atoms with Crippen LogP contribution in [0.2, 0.25) is 0 Å². The number of hydrogen-bond donors (Lipinski definition) is 3. The van der Waals surface area contributed by atoms with Gasteiger partial charge in [0.05, 0.1) is 27.2 Å². The van der Waals surface area contributed by atoms with Crippen molar-refractivity contribution in [3.05, 3.63) is 59.8 Å². The lowest BCUT2D eigenvalue weighted by Gasteiger charge is -2.15. The molecular formula is C24H26N4O5. The Balaban J connectivity index is 1.30. The van der Waals surface area contributed by atoms with Gasteiger partial charge < -0.3 is 25.1 Å². The van der Waals surface area contributed by atoms with Crippen molar-refractivity contribution in [3.8, 4) is 11.5 Å². The van der Waals surface area contributed by atoms with Crippen LogP contribution < -0.4 is 20.1 Å². The molecule has 1 saturated heterocycles. The summed E-state index contributed by atoms with van der Waals surface area (Å²) in [6.07, 6.45) is 2.48. The highest BCUT2D eigenvalue weighted by molar-refractivity contribution is 6.05. The van der Waals surface area contributed by atoms with Crippen LogP contribution in [0, 0.1) is 0 Å². The van der Waals surface area contributed by atoms with Crippen LogP contribution in [0.3, 0.4) is 0 Å². The van der Waals surface area contributed by atoms with Crippen LogP contribution in [0.1, 0.15) is 17.5 Å². The number of ether oxygens (including phenoxy) is 2. The SMILES string of the molecule is COc1ccc(CN2C(=O)NC(CC(=O)NCCc3c[nH]c4ccccc34)C2=O)cc1OC. The van der Waals surface area contributed by atoms with Crippen molar-refractivity contribution in [3.63, 3.8) is 0 Å². The second kappa shape index (κ2) is 9.64. The molecule has 1 atom stereocenters. The molecule has 1 aliphatic heterocycles. The quantitative estimate of drug-likeness (QED) is 0.433. The van der Waals surface area contributed by atoms with Crippen LogP contribution in [-0.4, -0.2) is 54.5 Å². The Labute approximate surface area is 191 Å². The topological polar surface area (TPSA) is 113 Å². The number of nitrogens with one attached hydrogen (secondary N) is 3. The zero-order chi connectivity index (χ0) is 23.4. The van der Waals surface area contributed by atoms with Crippen molar-refractivity contribution < 1.29 is 23.9 Å². The summed E-state index contributed by atoms with van der Waals surface area (Å²) in [6.45, 7) is 0.509. The monoisotopic (exact) mass is 450 g/mol. The maximum Gasteiger partial charge on any atom is 0.325 e. The van der Waals surface area contributed by atoms with E-state index in [9.17, 15) is 14.4 Å². The first-order valence-corrected chi connectivity index (χ1v) is 10.6. The first kappa shape index (κ1) is 22.2. The van der Waals surface area contributed by atoms with Crippen molar-refractivity contribution in [2.75, 3.05) is 20.8 Å². The summed E-state index contributed by atoms with van der Waals surface area (Å²) >= 11 is 0. The zero-order valence-corrected chi connectivity index (χ0v) is 18.5. The highest BCUT2D eigenvalue weighted by Crippen LogP contribution is 2.28. The first-order valence-electron chi connectivity index (χ1n) is 10.6. The average Bonchev–Trinajstić information content (AvgIpc) is 3.35. The second-order valence-corrected chi connectivity index (χ2v) is 7.78. The van der Waals surface area contributed by atoms with Crippen LogP contribution in [0.25, 0.3) is 10.9 Å². The summed E-state index contributed by atoms with van der Waals surface area (Å²) in [7, 11) is 3.05. The number of aromatic nitrogens is 1. The number of H-pyrrole nitrogens is 1. The minimum Gasteiger partial charge on any atom is -0.493 e. The number of aromatic amines is 1. The van der Waals surface area contributed by atoms with E-state index in [1.54, 1.807) is 18.2 Å². The molecule has 4 amide bonds. The summed E-state index contributed by atoms with van der Waals surface area (Å²) in [5, 5.41) is 6.56. The van der Waals surface area contributed by atoms with Gasteiger partial charge in [0.15, 0.2) is 11.5 Å². The third kappa shape index (κ3) is 4.77. The van der Waals surface area contributed by atoms with Gasteiger partial charge in [0.2, 0.25) is 5.91 Å². The summed E-state index contributed by atoms with van der Waals surface area (Å²) in [4.78, 5) is 41.8. The fraction of sp³-hybridized carbons (Fsp3) is 0.292. The number of nitrogens with zero attached hydrogens (tertiary/aromatic N) is 1. The van der Waals surface area contributed by atoms with Gasteiger partial charge in [-0.15, -0.1) is 0 Å². The van der Waals surface area contributed by atoms with Gasteiger partial charge in [0, 0.05) is 23.6 Å². The Bertz CT molecular complexity index is 1190. The summed E-state index contributed by atoms with van der Waals surface area (Å²) in [6, 6.07) is 11.7. The molecule has 2 heterocycles. The van der Waals surface area contributed by atoms with Crippen molar-refractivity contribution in [2.24, 2.45) is 0 Å². The molecule has 1 unspecified atom stereocenters. The number of carbonyl (C=O) groups excluding carboxylic acids is 3. The van der Waals surface area contributed by atoms with Crippen molar-refractivity contribution in [2.45, 2.75) is 25.4 Å². The molecule has 9 heteroatoms. The third-order valence-electron chi connectivity index (χ3n) is 5.68. The number of methoxy groups -OCH3 is 2. The lowest BCUT2D eigenvalue weighted by atomic mass is 10.1. The molecule has 0 spiro atoms. The van der Waals surface area contributed by atoms with E-state index >= 15 is 0 Å². The second-order valence-electron chi connectivity index (χ2n) is 7.78. The molecule has 1 aromatic heterocycles. The summed E-state index contributed by atoms with van der Waals surface area (Å²) in [5.41, 5.74) is 2.87. The fourth-order valence-electron chi connectivity index (χ4n) is 3.96. The lowest BCUT2D eigenvalue weighted by Crippen LogP contribution is -2.37. The Hall–Kier alpha value is -4.01. The van der Waals surface area contributed by atoms with Crippen LogP contribution in [0.4, 0.5) is 4.79 Å². The van der Waals surface area contributed by atoms with E-state index in [2.05, 4.69) is 15.6 Å². The maximum absolute atomic E-state index is 12.7. The lowest BCUT2D eigenvalue weighted by molar-refractivity contribution is -0.131. The molecule has 0 bridgehead atoms. The van der Waals surface area contributed by atoms with E-state index in [4.69, 9.17) is 9.47 Å². The molecule has 0 saturated carbocycles. The molecule has 2 aromatic carbocycles. The highest BCUT2D eigenvalue weighted by Gasteiger charge is 2.39. The molecule has 9 nitrogen and oxygen atoms in total. The molecule has 0 radical (unpaired) electrons. The summed E-state index contributed by atoms with van der Waals surface area (Å²) in [5.74, 6) is 0.344. The smallest absolute Gasteiger partial charge is 0.325 e. The van der Waals surface area contributed by atoms with Crippen molar-refractivity contribution >= 4 is 28.7 Å². The number of urea groups is 1. The number of para-hydroxylation sites is 1. The van der Waals surface area contributed by atoms with E-state index in [1.165, 1.54) is 14.2 Å². The third-order valence-corrected chi connectivity index (χ3v) is 5.68. The number of carbonyl (C=O) groups is 3. The molecular weight excluding hydrogens is 424 g/mol. The highest BCUT2D eigenvalue weighted by atomic mass is 16.5. The van der Waals surface area contributed by atoms with Crippen LogP contribution >= 0.6 is 0 Å². The molecule has 0 aliphatic carbocycles. The zero-order valence-electron chi connectivity index (χ0n) is 18.5. The van der Waals surface area contributed by atoms with E-state index in [-0.39, 0.29) is 18.9 Å². The van der Waals surface area contributed by atoms with Gasteiger partial charge in [-0.2, -0.15) is 0 Å². The van der Waals surface area contributed by atoms with Gasteiger partial charge in [-0.25, -0.2) is 4.79 Å². The van der Waals surface area contributed by atoms with Gasteiger partial charge in [0.1, 0.15) is 6.04 Å². The van der Waals surface area contributed by atoms with Crippen molar-refractivity contribution in [1.82, 2.24) is 20.5 Å². The number of hydrogen-bond acceptors (Lipinski definition) is 5. The van der Waals surface area contributed by atoms with Gasteiger partial charge in [-0.05, 0) is 35.7 Å². The molecule has 4 rings (SSSR count). The van der Waals surface area contributed by atoms with E-state index < -0.39 is 18.0 Å². The van der Waals surface area contributed by atoms with Crippen LogP contribution in [0.15, 0.2) is 48.7 Å². The molecule has 33 heavy (non-hydrogen) atoms. The number of benzene rings is 2. The Morgan fingerprint density at radius 3 is 2.67 bits per heavy atom. The largest absolute Gasteiger partial charge is 0.493 e. The molecule has 1 aliphatic rings. The average molecular weight is 450 g/mol. The van der Waals surface area contributed by atoms with Gasteiger partial charge in [0.25, 0.3) is 5.91 Å². The minimum atomic E-state index is -0.884. The van der Waals surface area contributed by atoms with Crippen LogP contribution in [-0.2, 0) is 22.6 Å². The van der Waals surface area contributed by atoms with Gasteiger partial charge in [-0.1, -0.05) is 24.3 Å². The number of rotatable bonds is 9. The normalized spacial score (nSPS) is 15.6. The minimum absolute atomic E-state index is 0.0731. The van der Waals surface area contributed by atoms with Gasteiger partial charge in [-0.3, -0.25) is 14.5 Å². The Morgan fingerprint density at radius 1 is 1.09 bits per heavy atom. The predicted octanol–water partition coefficient (Wildman–Crippen LogP) is 2.35.